The Balaban J connectivity index is 2.93. The third kappa shape index (κ3) is 4.15. The summed E-state index contributed by atoms with van der Waals surface area (Å²) in [5.74, 6) is -0.847. The van der Waals surface area contributed by atoms with E-state index in [9.17, 15) is 9.59 Å². The van der Waals surface area contributed by atoms with Crippen LogP contribution in [0.15, 0.2) is 24.3 Å². The fourth-order valence-corrected chi connectivity index (χ4v) is 1.58. The van der Waals surface area contributed by atoms with Crippen LogP contribution in [0.4, 0.5) is 5.69 Å². The van der Waals surface area contributed by atoms with E-state index in [1.54, 1.807) is 38.1 Å². The van der Waals surface area contributed by atoms with Gasteiger partial charge in [-0.15, -0.1) is 0 Å². The SMILES string of the molecule is CCOC(=O)C(Nc1ccccc1OC)C(=O)OCC. The van der Waals surface area contributed by atoms with Crippen LogP contribution in [-0.4, -0.2) is 38.3 Å². The molecule has 0 unspecified atom stereocenters. The molecule has 0 bridgehead atoms. The first kappa shape index (κ1) is 15.8. The number of methoxy groups -OCH3 is 1. The first-order valence-electron chi connectivity index (χ1n) is 6.36. The second kappa shape index (κ2) is 8.04. The predicted molar refractivity (Wildman–Crippen MR) is 73.7 cm³/mol. The van der Waals surface area contributed by atoms with Gasteiger partial charge in [0, 0.05) is 0 Å². The van der Waals surface area contributed by atoms with Gasteiger partial charge in [-0.2, -0.15) is 0 Å². The van der Waals surface area contributed by atoms with Gasteiger partial charge in [0.05, 0.1) is 26.0 Å². The molecular weight excluding hydrogens is 262 g/mol. The molecule has 0 aliphatic heterocycles. The molecule has 0 aromatic heterocycles. The van der Waals surface area contributed by atoms with E-state index in [0.29, 0.717) is 11.4 Å². The van der Waals surface area contributed by atoms with Crippen molar-refractivity contribution in [1.29, 1.82) is 0 Å². The molecular formula is C14H19NO5. The van der Waals surface area contributed by atoms with Crippen molar-refractivity contribution in [2.24, 2.45) is 0 Å². The smallest absolute Gasteiger partial charge is 0.340 e. The largest absolute Gasteiger partial charge is 0.495 e. The van der Waals surface area contributed by atoms with E-state index in [0.717, 1.165) is 0 Å². The standard InChI is InChI=1S/C14H19NO5/c1-4-19-13(16)12(14(17)20-5-2)15-10-8-6-7-9-11(10)18-3/h6-9,12,15H,4-5H2,1-3H3. The molecule has 20 heavy (non-hydrogen) atoms. The molecule has 0 fully saturated rings. The van der Waals surface area contributed by atoms with Crippen LogP contribution in [0.3, 0.4) is 0 Å². The van der Waals surface area contributed by atoms with Gasteiger partial charge in [0.25, 0.3) is 0 Å². The predicted octanol–water partition coefficient (Wildman–Crippen LogP) is 1.60. The summed E-state index contributed by atoms with van der Waals surface area (Å²) >= 11 is 0. The van der Waals surface area contributed by atoms with Crippen LogP contribution in [0.2, 0.25) is 0 Å². The number of carbonyl (C=O) groups excluding carboxylic acids is 2. The van der Waals surface area contributed by atoms with E-state index < -0.39 is 18.0 Å². The molecule has 1 aromatic carbocycles. The Morgan fingerprint density at radius 2 is 1.65 bits per heavy atom. The van der Waals surface area contributed by atoms with Crippen molar-refractivity contribution in [2.45, 2.75) is 19.9 Å². The molecule has 110 valence electrons. The summed E-state index contributed by atoms with van der Waals surface area (Å²) in [6.45, 7) is 3.71. The average Bonchev–Trinajstić information content (AvgIpc) is 2.45. The van der Waals surface area contributed by atoms with E-state index in [4.69, 9.17) is 14.2 Å². The zero-order chi connectivity index (χ0) is 15.0. The Bertz CT molecular complexity index is 443. The molecule has 0 aliphatic rings. The van der Waals surface area contributed by atoms with Crippen molar-refractivity contribution in [3.05, 3.63) is 24.3 Å². The Kier molecular flexibility index (Phi) is 6.36. The molecule has 0 amide bonds. The van der Waals surface area contributed by atoms with Gasteiger partial charge in [-0.25, -0.2) is 9.59 Å². The number of benzene rings is 1. The Morgan fingerprint density at radius 1 is 1.10 bits per heavy atom. The number of carbonyl (C=O) groups is 2. The van der Waals surface area contributed by atoms with E-state index in [-0.39, 0.29) is 13.2 Å². The van der Waals surface area contributed by atoms with Gasteiger partial charge < -0.3 is 19.5 Å². The second-order valence-corrected chi connectivity index (χ2v) is 3.78. The Hall–Kier alpha value is -2.24. The number of rotatable bonds is 7. The lowest BCUT2D eigenvalue weighted by Gasteiger charge is -2.18. The van der Waals surface area contributed by atoms with Crippen molar-refractivity contribution < 1.29 is 23.8 Å². The molecule has 0 saturated carbocycles. The van der Waals surface area contributed by atoms with Crippen LogP contribution in [-0.2, 0) is 19.1 Å². The zero-order valence-electron chi connectivity index (χ0n) is 11.8. The van der Waals surface area contributed by atoms with Crippen molar-refractivity contribution >= 4 is 17.6 Å². The van der Waals surface area contributed by atoms with Gasteiger partial charge in [0.1, 0.15) is 5.75 Å². The summed E-state index contributed by atoms with van der Waals surface area (Å²) in [6.07, 6.45) is 0. The molecule has 0 spiro atoms. The lowest BCUT2D eigenvalue weighted by molar-refractivity contribution is -0.155. The van der Waals surface area contributed by atoms with Crippen LogP contribution >= 0.6 is 0 Å². The summed E-state index contributed by atoms with van der Waals surface area (Å²) in [5.41, 5.74) is 0.515. The fraction of sp³-hybridized carbons (Fsp3) is 0.429. The monoisotopic (exact) mass is 281 g/mol. The first-order valence-corrected chi connectivity index (χ1v) is 6.36. The highest BCUT2D eigenvalue weighted by Gasteiger charge is 2.30. The van der Waals surface area contributed by atoms with Crippen LogP contribution in [0.1, 0.15) is 13.8 Å². The number of ether oxygens (including phenoxy) is 3. The number of nitrogens with one attached hydrogen (secondary N) is 1. The number of hydrogen-bond acceptors (Lipinski definition) is 6. The van der Waals surface area contributed by atoms with Crippen LogP contribution in [0.5, 0.6) is 5.75 Å². The molecule has 0 atom stereocenters. The molecule has 1 N–H and O–H groups in total. The van der Waals surface area contributed by atoms with Crippen LogP contribution in [0, 0.1) is 0 Å². The van der Waals surface area contributed by atoms with Crippen LogP contribution < -0.4 is 10.1 Å². The van der Waals surface area contributed by atoms with Gasteiger partial charge in [-0.1, -0.05) is 12.1 Å². The summed E-state index contributed by atoms with van der Waals surface area (Å²) in [5, 5.41) is 2.79. The third-order valence-electron chi connectivity index (χ3n) is 2.45. The summed E-state index contributed by atoms with van der Waals surface area (Å²) in [4.78, 5) is 23.7. The summed E-state index contributed by atoms with van der Waals surface area (Å²) in [7, 11) is 1.50. The van der Waals surface area contributed by atoms with E-state index in [1.807, 2.05) is 0 Å². The molecule has 0 heterocycles. The van der Waals surface area contributed by atoms with Crippen molar-refractivity contribution in [3.8, 4) is 5.75 Å². The average molecular weight is 281 g/mol. The number of esters is 2. The minimum Gasteiger partial charge on any atom is -0.495 e. The van der Waals surface area contributed by atoms with Crippen LogP contribution in [0.25, 0.3) is 0 Å². The van der Waals surface area contributed by atoms with Gasteiger partial charge in [-0.3, -0.25) is 0 Å². The van der Waals surface area contributed by atoms with Gasteiger partial charge in [0.15, 0.2) is 0 Å². The maximum Gasteiger partial charge on any atom is 0.340 e. The number of para-hydroxylation sites is 2. The highest BCUT2D eigenvalue weighted by molar-refractivity contribution is 6.02. The lowest BCUT2D eigenvalue weighted by atomic mass is 10.2. The quantitative estimate of drug-likeness (QED) is 0.604. The topological polar surface area (TPSA) is 73.9 Å². The molecule has 0 saturated heterocycles. The summed E-state index contributed by atoms with van der Waals surface area (Å²) in [6, 6.07) is 5.75. The van der Waals surface area contributed by atoms with E-state index >= 15 is 0 Å². The minimum absolute atomic E-state index is 0.183. The Labute approximate surface area is 118 Å². The highest BCUT2D eigenvalue weighted by atomic mass is 16.6. The summed E-state index contributed by atoms with van der Waals surface area (Å²) < 4.78 is 14.9. The van der Waals surface area contributed by atoms with Gasteiger partial charge >= 0.3 is 11.9 Å². The lowest BCUT2D eigenvalue weighted by Crippen LogP contribution is -2.40. The first-order chi connectivity index (χ1) is 9.63. The molecule has 6 nitrogen and oxygen atoms in total. The zero-order valence-corrected chi connectivity index (χ0v) is 11.8. The van der Waals surface area contributed by atoms with Crippen molar-refractivity contribution in [2.75, 3.05) is 25.6 Å². The van der Waals surface area contributed by atoms with Crippen molar-refractivity contribution in [3.63, 3.8) is 0 Å². The van der Waals surface area contributed by atoms with E-state index in [2.05, 4.69) is 5.32 Å². The molecule has 1 rings (SSSR count). The molecule has 0 radical (unpaired) electrons. The Morgan fingerprint density at radius 3 is 2.15 bits per heavy atom. The minimum atomic E-state index is -1.22. The van der Waals surface area contributed by atoms with E-state index in [1.165, 1.54) is 7.11 Å². The maximum atomic E-state index is 11.8. The highest BCUT2D eigenvalue weighted by Crippen LogP contribution is 2.24. The van der Waals surface area contributed by atoms with Gasteiger partial charge in [0.2, 0.25) is 6.04 Å². The second-order valence-electron chi connectivity index (χ2n) is 3.78. The normalized spacial score (nSPS) is 10.0. The van der Waals surface area contributed by atoms with Crippen molar-refractivity contribution in [1.82, 2.24) is 0 Å². The number of anilines is 1. The molecule has 6 heteroatoms. The third-order valence-corrected chi connectivity index (χ3v) is 2.45. The molecule has 1 aromatic rings. The number of hydrogen-bond donors (Lipinski definition) is 1. The fourth-order valence-electron chi connectivity index (χ4n) is 1.58. The maximum absolute atomic E-state index is 11.8. The molecule has 0 aliphatic carbocycles. The van der Waals surface area contributed by atoms with Gasteiger partial charge in [-0.05, 0) is 26.0 Å².